The van der Waals surface area contributed by atoms with E-state index in [-0.39, 0.29) is 11.8 Å². The molecule has 1 fully saturated rings. The van der Waals surface area contributed by atoms with Gasteiger partial charge in [0, 0.05) is 44.4 Å². The van der Waals surface area contributed by atoms with Gasteiger partial charge in [-0.05, 0) is 42.2 Å². The highest BCUT2D eigenvalue weighted by molar-refractivity contribution is 5.94. The molecule has 26 heavy (non-hydrogen) atoms. The number of nitrogens with one attached hydrogen (secondary N) is 2. The predicted molar refractivity (Wildman–Crippen MR) is 103 cm³/mol. The number of para-hydroxylation sites is 1. The van der Waals surface area contributed by atoms with Crippen LogP contribution >= 0.6 is 0 Å². The van der Waals surface area contributed by atoms with Crippen LogP contribution in [0.2, 0.25) is 0 Å². The lowest BCUT2D eigenvalue weighted by Crippen LogP contribution is -2.31. The van der Waals surface area contributed by atoms with Crippen LogP contribution in [0, 0.1) is 5.92 Å². The van der Waals surface area contributed by atoms with Crippen molar-refractivity contribution in [1.82, 2.24) is 10.6 Å². The molecule has 2 N–H and O–H groups in total. The van der Waals surface area contributed by atoms with Crippen LogP contribution in [-0.4, -0.2) is 31.4 Å². The Kier molecular flexibility index (Phi) is 5.89. The molecule has 0 radical (unpaired) electrons. The number of nitrogens with zero attached hydrogens (tertiary/aromatic N) is 1. The highest BCUT2D eigenvalue weighted by Crippen LogP contribution is 2.23. The first-order valence-corrected chi connectivity index (χ1v) is 9.03. The van der Waals surface area contributed by atoms with Gasteiger partial charge in [0.1, 0.15) is 0 Å². The van der Waals surface area contributed by atoms with Crippen molar-refractivity contribution in [2.45, 2.75) is 19.9 Å². The molecule has 5 nitrogen and oxygen atoms in total. The number of hydrogen-bond donors (Lipinski definition) is 2. The molecule has 136 valence electrons. The van der Waals surface area contributed by atoms with Gasteiger partial charge in [0.25, 0.3) is 5.91 Å². The molecule has 1 saturated heterocycles. The van der Waals surface area contributed by atoms with Crippen LogP contribution in [-0.2, 0) is 11.3 Å². The third-order valence-electron chi connectivity index (χ3n) is 4.72. The fraction of sp³-hybridized carbons (Fsp3) is 0.333. The molecule has 5 heteroatoms. The monoisotopic (exact) mass is 351 g/mol. The number of carbonyl (C=O) groups excluding carboxylic acids is 2. The van der Waals surface area contributed by atoms with Gasteiger partial charge < -0.3 is 15.5 Å². The third kappa shape index (κ3) is 4.85. The van der Waals surface area contributed by atoms with E-state index in [4.69, 9.17) is 0 Å². The number of hydrogen-bond acceptors (Lipinski definition) is 3. The first-order valence-electron chi connectivity index (χ1n) is 9.03. The summed E-state index contributed by atoms with van der Waals surface area (Å²) in [5.41, 5.74) is 2.87. The van der Waals surface area contributed by atoms with E-state index in [1.165, 1.54) is 12.6 Å². The summed E-state index contributed by atoms with van der Waals surface area (Å²) in [7, 11) is 0. The first kappa shape index (κ1) is 18.0. The zero-order chi connectivity index (χ0) is 18.4. The summed E-state index contributed by atoms with van der Waals surface area (Å²) < 4.78 is 0. The molecule has 0 spiro atoms. The Bertz CT molecular complexity index is 744. The summed E-state index contributed by atoms with van der Waals surface area (Å²) in [5, 5.41) is 5.79. The maximum absolute atomic E-state index is 12.3. The molecular weight excluding hydrogens is 326 g/mol. The van der Waals surface area contributed by atoms with Gasteiger partial charge >= 0.3 is 0 Å². The Morgan fingerprint density at radius 1 is 1.04 bits per heavy atom. The topological polar surface area (TPSA) is 61.4 Å². The molecule has 2 aromatic carbocycles. The van der Waals surface area contributed by atoms with E-state index in [2.05, 4.69) is 39.8 Å². The van der Waals surface area contributed by atoms with Gasteiger partial charge in [0.2, 0.25) is 5.91 Å². The minimum Gasteiger partial charge on any atom is -0.371 e. The maximum Gasteiger partial charge on any atom is 0.251 e. The lowest BCUT2D eigenvalue weighted by molar-refractivity contribution is -0.119. The molecule has 0 aromatic heterocycles. The number of carbonyl (C=O) groups is 2. The van der Waals surface area contributed by atoms with Gasteiger partial charge in [-0.3, -0.25) is 9.59 Å². The molecule has 2 aromatic rings. The summed E-state index contributed by atoms with van der Waals surface area (Å²) in [4.78, 5) is 25.6. The zero-order valence-corrected chi connectivity index (χ0v) is 15.1. The van der Waals surface area contributed by atoms with Crippen molar-refractivity contribution in [3.63, 3.8) is 0 Å². The average molecular weight is 351 g/mol. The van der Waals surface area contributed by atoms with E-state index in [1.807, 2.05) is 18.2 Å². The normalized spacial score (nSPS) is 16.3. The summed E-state index contributed by atoms with van der Waals surface area (Å²) in [6.45, 7) is 4.66. The molecule has 3 rings (SSSR count). The smallest absolute Gasteiger partial charge is 0.251 e. The van der Waals surface area contributed by atoms with Crippen molar-refractivity contribution in [1.29, 1.82) is 0 Å². The summed E-state index contributed by atoms with van der Waals surface area (Å²) in [5.74, 6) is 0.361. The quantitative estimate of drug-likeness (QED) is 0.841. The van der Waals surface area contributed by atoms with E-state index in [9.17, 15) is 9.59 Å². The molecule has 1 heterocycles. The van der Waals surface area contributed by atoms with Crippen molar-refractivity contribution in [2.24, 2.45) is 5.92 Å². The highest BCUT2D eigenvalue weighted by atomic mass is 16.2. The van der Waals surface area contributed by atoms with Gasteiger partial charge in [-0.2, -0.15) is 0 Å². The lowest BCUT2D eigenvalue weighted by Gasteiger charge is -2.18. The zero-order valence-electron chi connectivity index (χ0n) is 15.1. The number of anilines is 1. The summed E-state index contributed by atoms with van der Waals surface area (Å²) in [6, 6.07) is 17.7. The van der Waals surface area contributed by atoms with Gasteiger partial charge in [-0.25, -0.2) is 0 Å². The van der Waals surface area contributed by atoms with Crippen LogP contribution in [0.4, 0.5) is 5.69 Å². The van der Waals surface area contributed by atoms with Crippen molar-refractivity contribution in [3.8, 4) is 0 Å². The fourth-order valence-corrected chi connectivity index (χ4v) is 3.21. The Morgan fingerprint density at radius 2 is 1.77 bits per heavy atom. The predicted octanol–water partition coefficient (Wildman–Crippen LogP) is 2.58. The van der Waals surface area contributed by atoms with E-state index >= 15 is 0 Å². The first-order chi connectivity index (χ1) is 12.6. The average Bonchev–Trinajstić information content (AvgIpc) is 3.14. The molecule has 1 atom stereocenters. The summed E-state index contributed by atoms with van der Waals surface area (Å²) in [6.07, 6.45) is 1.09. The summed E-state index contributed by atoms with van der Waals surface area (Å²) >= 11 is 0. The van der Waals surface area contributed by atoms with Gasteiger partial charge in [0.15, 0.2) is 0 Å². The van der Waals surface area contributed by atoms with Crippen LogP contribution in [0.5, 0.6) is 0 Å². The molecule has 0 saturated carbocycles. The van der Waals surface area contributed by atoms with Crippen molar-refractivity contribution in [2.75, 3.05) is 24.5 Å². The van der Waals surface area contributed by atoms with Gasteiger partial charge in [0.05, 0.1) is 0 Å². The third-order valence-corrected chi connectivity index (χ3v) is 4.72. The second-order valence-electron chi connectivity index (χ2n) is 6.75. The molecule has 1 aliphatic rings. The molecular formula is C21H25N3O2. The molecule has 1 unspecified atom stereocenters. The SMILES string of the molecule is CC(=O)NCc1ccc(C(=O)NCC2CCN(c3ccccc3)C2)cc1. The minimum absolute atomic E-state index is 0.0470. The van der Waals surface area contributed by atoms with E-state index in [1.54, 1.807) is 12.1 Å². The molecule has 1 aliphatic heterocycles. The van der Waals surface area contributed by atoms with Crippen LogP contribution in [0.1, 0.15) is 29.3 Å². The number of amides is 2. The Balaban J connectivity index is 1.46. The highest BCUT2D eigenvalue weighted by Gasteiger charge is 2.23. The Hall–Kier alpha value is -2.82. The molecule has 2 amide bonds. The van der Waals surface area contributed by atoms with E-state index < -0.39 is 0 Å². The van der Waals surface area contributed by atoms with Gasteiger partial charge in [-0.15, -0.1) is 0 Å². The van der Waals surface area contributed by atoms with Crippen molar-refractivity contribution < 1.29 is 9.59 Å². The second kappa shape index (κ2) is 8.52. The van der Waals surface area contributed by atoms with Crippen molar-refractivity contribution in [3.05, 3.63) is 65.7 Å². The minimum atomic E-state index is -0.0621. The fourth-order valence-electron chi connectivity index (χ4n) is 3.21. The number of rotatable bonds is 6. The lowest BCUT2D eigenvalue weighted by atomic mass is 10.1. The standard InChI is InChI=1S/C21H25N3O2/c1-16(25)22-13-17-7-9-19(10-8-17)21(26)23-14-18-11-12-24(15-18)20-5-3-2-4-6-20/h2-10,18H,11-15H2,1H3,(H,22,25)(H,23,26). The van der Waals surface area contributed by atoms with Crippen LogP contribution < -0.4 is 15.5 Å². The van der Waals surface area contributed by atoms with Crippen LogP contribution in [0.3, 0.4) is 0 Å². The van der Waals surface area contributed by atoms with Crippen molar-refractivity contribution >= 4 is 17.5 Å². The van der Waals surface area contributed by atoms with E-state index in [0.29, 0.717) is 24.6 Å². The van der Waals surface area contributed by atoms with E-state index in [0.717, 1.165) is 25.1 Å². The molecule has 0 aliphatic carbocycles. The van der Waals surface area contributed by atoms with Crippen LogP contribution in [0.25, 0.3) is 0 Å². The van der Waals surface area contributed by atoms with Crippen LogP contribution in [0.15, 0.2) is 54.6 Å². The largest absolute Gasteiger partial charge is 0.371 e. The Morgan fingerprint density at radius 3 is 2.46 bits per heavy atom. The Labute approximate surface area is 154 Å². The maximum atomic E-state index is 12.3. The second-order valence-corrected chi connectivity index (χ2v) is 6.75. The number of benzene rings is 2. The van der Waals surface area contributed by atoms with Gasteiger partial charge in [-0.1, -0.05) is 30.3 Å². The molecule has 0 bridgehead atoms.